The highest BCUT2D eigenvalue weighted by Gasteiger charge is 2.46. The van der Waals surface area contributed by atoms with Gasteiger partial charge in [0.1, 0.15) is 0 Å². The van der Waals surface area contributed by atoms with Crippen molar-refractivity contribution in [2.24, 2.45) is 5.92 Å². The molecule has 0 bridgehead atoms. The van der Waals surface area contributed by atoms with Gasteiger partial charge < -0.3 is 4.74 Å². The Labute approximate surface area is 92.2 Å². The number of rotatable bonds is 2. The summed E-state index contributed by atoms with van der Waals surface area (Å²) < 4.78 is 4.92. The molecule has 1 aliphatic heterocycles. The van der Waals surface area contributed by atoms with Gasteiger partial charge in [-0.2, -0.15) is 0 Å². The summed E-state index contributed by atoms with van der Waals surface area (Å²) in [7, 11) is 0. The second-order valence-corrected chi connectivity index (χ2v) is 3.67. The van der Waals surface area contributed by atoms with E-state index >= 15 is 0 Å². The van der Waals surface area contributed by atoms with Crippen molar-refractivity contribution in [2.45, 2.75) is 13.0 Å². The smallest absolute Gasteiger partial charge is 0.325 e. The standard InChI is InChI=1S/C12H10O4/c1-7(13)9-10(14)11(16-12(9)15)8-5-3-2-4-6-8/h2-6,9,11H,1H3. The number of Topliss-reactive ketones (excluding diaryl/α,β-unsaturated/α-hetero) is 2. The van der Waals surface area contributed by atoms with Gasteiger partial charge in [0.05, 0.1) is 0 Å². The zero-order valence-corrected chi connectivity index (χ0v) is 8.67. The van der Waals surface area contributed by atoms with Crippen LogP contribution in [0, 0.1) is 5.92 Å². The Morgan fingerprint density at radius 2 is 1.81 bits per heavy atom. The van der Waals surface area contributed by atoms with E-state index in [-0.39, 0.29) is 0 Å². The van der Waals surface area contributed by atoms with Crippen molar-refractivity contribution in [1.82, 2.24) is 0 Å². The molecule has 2 atom stereocenters. The van der Waals surface area contributed by atoms with Crippen LogP contribution in [0.5, 0.6) is 0 Å². The average molecular weight is 218 g/mol. The second kappa shape index (κ2) is 3.89. The van der Waals surface area contributed by atoms with Gasteiger partial charge in [-0.15, -0.1) is 0 Å². The lowest BCUT2D eigenvalue weighted by Crippen LogP contribution is -2.23. The van der Waals surface area contributed by atoms with Crippen LogP contribution >= 0.6 is 0 Å². The Morgan fingerprint density at radius 3 is 2.31 bits per heavy atom. The maximum absolute atomic E-state index is 11.8. The molecule has 82 valence electrons. The molecule has 1 fully saturated rings. The normalized spacial score (nSPS) is 24.3. The first-order chi connectivity index (χ1) is 7.61. The van der Waals surface area contributed by atoms with E-state index in [0.717, 1.165) is 0 Å². The van der Waals surface area contributed by atoms with Gasteiger partial charge in [0.15, 0.2) is 23.6 Å². The summed E-state index contributed by atoms with van der Waals surface area (Å²) in [6, 6.07) is 8.68. The van der Waals surface area contributed by atoms with E-state index in [0.29, 0.717) is 5.56 Å². The summed E-state index contributed by atoms with van der Waals surface area (Å²) >= 11 is 0. The van der Waals surface area contributed by atoms with Gasteiger partial charge in [-0.1, -0.05) is 30.3 Å². The van der Waals surface area contributed by atoms with E-state index in [4.69, 9.17) is 4.74 Å². The van der Waals surface area contributed by atoms with Crippen molar-refractivity contribution >= 4 is 17.5 Å². The minimum atomic E-state index is -1.25. The summed E-state index contributed by atoms with van der Waals surface area (Å²) in [6.07, 6.45) is -0.928. The molecule has 0 radical (unpaired) electrons. The molecule has 4 heteroatoms. The monoisotopic (exact) mass is 218 g/mol. The first-order valence-electron chi connectivity index (χ1n) is 4.91. The number of ether oxygens (including phenoxy) is 1. The van der Waals surface area contributed by atoms with E-state index < -0.39 is 29.6 Å². The molecule has 1 aromatic rings. The van der Waals surface area contributed by atoms with Crippen LogP contribution in [-0.2, 0) is 19.1 Å². The quantitative estimate of drug-likeness (QED) is 0.550. The zero-order valence-electron chi connectivity index (χ0n) is 8.67. The number of carbonyl (C=O) groups is 3. The molecule has 1 heterocycles. The van der Waals surface area contributed by atoms with Crippen molar-refractivity contribution < 1.29 is 19.1 Å². The summed E-state index contributed by atoms with van der Waals surface area (Å²) in [5.74, 6) is -2.92. The fraction of sp³-hybridized carbons (Fsp3) is 0.250. The van der Waals surface area contributed by atoms with Crippen molar-refractivity contribution in [3.8, 4) is 0 Å². The van der Waals surface area contributed by atoms with E-state index in [2.05, 4.69) is 0 Å². The number of cyclic esters (lactones) is 1. The number of esters is 1. The van der Waals surface area contributed by atoms with Gasteiger partial charge in [-0.3, -0.25) is 14.4 Å². The van der Waals surface area contributed by atoms with E-state index in [1.165, 1.54) is 6.92 Å². The van der Waals surface area contributed by atoms with Crippen LogP contribution in [0.15, 0.2) is 30.3 Å². The number of carbonyl (C=O) groups excluding carboxylic acids is 3. The van der Waals surface area contributed by atoms with Gasteiger partial charge in [-0.05, 0) is 6.92 Å². The van der Waals surface area contributed by atoms with E-state index in [1.807, 2.05) is 0 Å². The number of hydrogen-bond donors (Lipinski definition) is 0. The molecule has 16 heavy (non-hydrogen) atoms. The first kappa shape index (κ1) is 10.5. The number of ketones is 2. The van der Waals surface area contributed by atoms with Crippen molar-refractivity contribution in [2.75, 3.05) is 0 Å². The zero-order chi connectivity index (χ0) is 11.7. The molecule has 0 amide bonds. The summed E-state index contributed by atoms with van der Waals surface area (Å²) in [5.41, 5.74) is 0.601. The molecule has 0 N–H and O–H groups in total. The van der Waals surface area contributed by atoms with Crippen molar-refractivity contribution in [1.29, 1.82) is 0 Å². The maximum atomic E-state index is 11.8. The van der Waals surface area contributed by atoms with Gasteiger partial charge in [-0.25, -0.2) is 0 Å². The van der Waals surface area contributed by atoms with E-state index in [1.54, 1.807) is 30.3 Å². The van der Waals surface area contributed by atoms with Crippen LogP contribution in [0.1, 0.15) is 18.6 Å². The molecule has 0 saturated carbocycles. The second-order valence-electron chi connectivity index (χ2n) is 3.67. The largest absolute Gasteiger partial charge is 0.448 e. The third-order valence-electron chi connectivity index (χ3n) is 2.52. The van der Waals surface area contributed by atoms with Gasteiger partial charge in [0, 0.05) is 5.56 Å². The van der Waals surface area contributed by atoms with Crippen LogP contribution in [0.25, 0.3) is 0 Å². The minimum absolute atomic E-state index is 0.464. The molecule has 4 nitrogen and oxygen atoms in total. The first-order valence-corrected chi connectivity index (χ1v) is 4.91. The van der Waals surface area contributed by atoms with E-state index in [9.17, 15) is 14.4 Å². The van der Waals surface area contributed by atoms with Crippen LogP contribution < -0.4 is 0 Å². The molecule has 0 spiro atoms. The third kappa shape index (κ3) is 1.62. The Balaban J connectivity index is 2.31. The summed E-state index contributed by atoms with van der Waals surface area (Å²) in [5, 5.41) is 0. The molecular formula is C12H10O4. The van der Waals surface area contributed by atoms with Crippen LogP contribution in [0.4, 0.5) is 0 Å². The molecular weight excluding hydrogens is 208 g/mol. The lowest BCUT2D eigenvalue weighted by atomic mass is 9.96. The third-order valence-corrected chi connectivity index (χ3v) is 2.52. The van der Waals surface area contributed by atoms with Gasteiger partial charge >= 0.3 is 5.97 Å². The molecule has 0 aliphatic carbocycles. The Kier molecular flexibility index (Phi) is 2.56. The highest BCUT2D eigenvalue weighted by molar-refractivity contribution is 6.21. The highest BCUT2D eigenvalue weighted by atomic mass is 16.6. The maximum Gasteiger partial charge on any atom is 0.325 e. The number of hydrogen-bond acceptors (Lipinski definition) is 4. The average Bonchev–Trinajstić information content (AvgIpc) is 2.55. The molecule has 1 aromatic carbocycles. The summed E-state index contributed by atoms with van der Waals surface area (Å²) in [4.78, 5) is 34.3. The lowest BCUT2D eigenvalue weighted by Gasteiger charge is -2.06. The lowest BCUT2D eigenvalue weighted by molar-refractivity contribution is -0.146. The topological polar surface area (TPSA) is 60.4 Å². The minimum Gasteiger partial charge on any atom is -0.448 e. The van der Waals surface area contributed by atoms with Gasteiger partial charge in [0.2, 0.25) is 0 Å². The van der Waals surface area contributed by atoms with Gasteiger partial charge in [0.25, 0.3) is 0 Å². The number of benzene rings is 1. The molecule has 2 unspecified atom stereocenters. The van der Waals surface area contributed by atoms with Crippen LogP contribution in [0.3, 0.4) is 0 Å². The molecule has 1 aliphatic rings. The van der Waals surface area contributed by atoms with Crippen LogP contribution in [-0.4, -0.2) is 17.5 Å². The fourth-order valence-electron chi connectivity index (χ4n) is 1.74. The molecule has 0 aromatic heterocycles. The summed E-state index contributed by atoms with van der Waals surface area (Å²) in [6.45, 7) is 1.22. The Bertz CT molecular complexity index is 449. The Morgan fingerprint density at radius 1 is 1.19 bits per heavy atom. The van der Waals surface area contributed by atoms with Crippen molar-refractivity contribution in [3.63, 3.8) is 0 Å². The SMILES string of the molecule is CC(=O)C1C(=O)OC(c2ccccc2)C1=O. The van der Waals surface area contributed by atoms with Crippen LogP contribution in [0.2, 0.25) is 0 Å². The predicted octanol–water partition coefficient (Wildman–Crippen LogP) is 1.06. The molecule has 1 saturated heterocycles. The molecule has 2 rings (SSSR count). The van der Waals surface area contributed by atoms with Crippen molar-refractivity contribution in [3.05, 3.63) is 35.9 Å². The Hall–Kier alpha value is -1.97. The fourth-order valence-corrected chi connectivity index (χ4v) is 1.74. The highest BCUT2D eigenvalue weighted by Crippen LogP contribution is 2.30. The predicted molar refractivity (Wildman–Crippen MR) is 54.5 cm³/mol.